The maximum atomic E-state index is 13.9. The Kier molecular flexibility index (Phi) is 5.94. The normalized spacial score (nSPS) is 12.9. The molecule has 1 aliphatic heterocycles. The first-order valence-corrected chi connectivity index (χ1v) is 11.4. The second-order valence-corrected chi connectivity index (χ2v) is 8.77. The third kappa shape index (κ3) is 4.47. The van der Waals surface area contributed by atoms with E-state index >= 15 is 0 Å². The largest absolute Gasteiger partial charge is 0.332 e. The zero-order valence-electron chi connectivity index (χ0n) is 19.5. The highest BCUT2D eigenvalue weighted by Crippen LogP contribution is 2.26. The van der Waals surface area contributed by atoms with Gasteiger partial charge in [-0.3, -0.25) is 19.6 Å². The first kappa shape index (κ1) is 22.6. The van der Waals surface area contributed by atoms with Crippen LogP contribution in [0.2, 0.25) is 0 Å². The molecule has 0 atom stereocenters. The minimum absolute atomic E-state index is 0.150. The molecular weight excluding hydrogens is 445 g/mol. The number of rotatable bonds is 4. The Labute approximate surface area is 201 Å². The van der Waals surface area contributed by atoms with Gasteiger partial charge in [0.25, 0.3) is 11.5 Å². The van der Waals surface area contributed by atoms with Crippen molar-refractivity contribution < 1.29 is 9.18 Å². The lowest BCUT2D eigenvalue weighted by atomic mass is 9.97. The van der Waals surface area contributed by atoms with E-state index in [1.165, 1.54) is 12.3 Å². The minimum atomic E-state index is -0.321. The fraction of sp³-hybridized carbons (Fsp3) is 0.222. The molecule has 7 nitrogen and oxygen atoms in total. The highest BCUT2D eigenvalue weighted by atomic mass is 19.1. The van der Waals surface area contributed by atoms with Crippen LogP contribution in [0.25, 0.3) is 11.1 Å². The molecule has 0 saturated carbocycles. The number of carbonyl (C=O) groups is 1. The van der Waals surface area contributed by atoms with E-state index in [0.717, 1.165) is 22.5 Å². The van der Waals surface area contributed by atoms with Crippen LogP contribution in [0.5, 0.6) is 0 Å². The summed E-state index contributed by atoms with van der Waals surface area (Å²) in [5, 5.41) is 0. The van der Waals surface area contributed by atoms with Gasteiger partial charge in [0, 0.05) is 49.4 Å². The van der Waals surface area contributed by atoms with E-state index in [1.807, 2.05) is 25.1 Å². The van der Waals surface area contributed by atoms with E-state index in [-0.39, 0.29) is 23.0 Å². The van der Waals surface area contributed by atoms with Gasteiger partial charge in [-0.25, -0.2) is 9.37 Å². The monoisotopic (exact) mass is 469 g/mol. The lowest BCUT2D eigenvalue weighted by molar-refractivity contribution is 0.0725. The first-order valence-electron chi connectivity index (χ1n) is 11.4. The van der Waals surface area contributed by atoms with E-state index in [1.54, 1.807) is 47.1 Å². The summed E-state index contributed by atoms with van der Waals surface area (Å²) in [4.78, 5) is 41.1. The number of fused-ring (bicyclic) bond motifs is 1. The van der Waals surface area contributed by atoms with Crippen LogP contribution in [-0.4, -0.2) is 36.9 Å². The quantitative estimate of drug-likeness (QED) is 0.455. The number of halogens is 1. The smallest absolute Gasteiger partial charge is 0.274 e. The average Bonchev–Trinajstić information content (AvgIpc) is 2.87. The molecule has 0 fully saturated rings. The van der Waals surface area contributed by atoms with Gasteiger partial charge in [-0.05, 0) is 60.4 Å². The summed E-state index contributed by atoms with van der Waals surface area (Å²) in [5.41, 5.74) is 5.13. The van der Waals surface area contributed by atoms with Crippen molar-refractivity contribution in [1.82, 2.24) is 24.4 Å². The number of pyridine rings is 2. The predicted molar refractivity (Wildman–Crippen MR) is 129 cm³/mol. The number of aryl methyl sites for hydroxylation is 2. The molecule has 176 valence electrons. The molecule has 0 N–H and O–H groups in total. The third-order valence-corrected chi connectivity index (χ3v) is 6.29. The summed E-state index contributed by atoms with van der Waals surface area (Å²) in [6.45, 7) is 4.65. The summed E-state index contributed by atoms with van der Waals surface area (Å²) in [7, 11) is 0. The van der Waals surface area contributed by atoms with Crippen molar-refractivity contribution in [3.05, 3.63) is 111 Å². The van der Waals surface area contributed by atoms with Crippen molar-refractivity contribution in [3.63, 3.8) is 0 Å². The molecule has 3 aromatic heterocycles. The van der Waals surface area contributed by atoms with E-state index in [9.17, 15) is 14.0 Å². The predicted octanol–water partition coefficient (Wildman–Crippen LogP) is 3.70. The van der Waals surface area contributed by atoms with E-state index in [4.69, 9.17) is 0 Å². The van der Waals surface area contributed by atoms with Crippen molar-refractivity contribution >= 4 is 5.91 Å². The van der Waals surface area contributed by atoms with Crippen molar-refractivity contribution in [2.24, 2.45) is 0 Å². The highest BCUT2D eigenvalue weighted by molar-refractivity contribution is 5.92. The Balaban J connectivity index is 1.59. The molecule has 1 amide bonds. The van der Waals surface area contributed by atoms with Crippen LogP contribution in [0, 0.1) is 19.7 Å². The standard InChI is InChI=1S/C27H24FN5O2/c1-17-10-20(5-6-23(17)28)22-11-21-16-32(27(35)24-14-30-18(2)12-31-24)9-7-25(21)33(26(22)34)15-19-4-3-8-29-13-19/h3-6,8,10-14H,7,9,15-16H2,1-2H3. The zero-order chi connectivity index (χ0) is 24.5. The number of nitrogens with zero attached hydrogens (tertiary/aromatic N) is 5. The van der Waals surface area contributed by atoms with Gasteiger partial charge in [-0.2, -0.15) is 0 Å². The molecular formula is C27H24FN5O2. The van der Waals surface area contributed by atoms with Gasteiger partial charge >= 0.3 is 0 Å². The maximum absolute atomic E-state index is 13.9. The fourth-order valence-corrected chi connectivity index (χ4v) is 4.42. The molecule has 4 heterocycles. The Morgan fingerprint density at radius 2 is 1.94 bits per heavy atom. The second kappa shape index (κ2) is 9.21. The number of benzene rings is 1. The molecule has 8 heteroatoms. The SMILES string of the molecule is Cc1cnc(C(=O)N2CCc3c(cc(-c4ccc(F)c(C)c4)c(=O)n3Cc3cccnc3)C2)cn1. The van der Waals surface area contributed by atoms with Crippen LogP contribution in [0.3, 0.4) is 0 Å². The number of hydrogen-bond acceptors (Lipinski definition) is 5. The number of hydrogen-bond donors (Lipinski definition) is 0. The van der Waals surface area contributed by atoms with Crippen LogP contribution in [0.1, 0.15) is 38.6 Å². The molecule has 0 radical (unpaired) electrons. The average molecular weight is 470 g/mol. The third-order valence-electron chi connectivity index (χ3n) is 6.29. The maximum Gasteiger partial charge on any atom is 0.274 e. The van der Waals surface area contributed by atoms with Crippen molar-refractivity contribution in [2.75, 3.05) is 6.54 Å². The topological polar surface area (TPSA) is 81.0 Å². The molecule has 0 unspecified atom stereocenters. The van der Waals surface area contributed by atoms with Crippen LogP contribution in [0.15, 0.2) is 66.0 Å². The summed E-state index contributed by atoms with van der Waals surface area (Å²) in [5.74, 6) is -0.522. The summed E-state index contributed by atoms with van der Waals surface area (Å²) < 4.78 is 15.7. The molecule has 1 aromatic carbocycles. The molecule has 0 saturated heterocycles. The Morgan fingerprint density at radius 3 is 2.66 bits per heavy atom. The van der Waals surface area contributed by atoms with E-state index in [0.29, 0.717) is 42.7 Å². The van der Waals surface area contributed by atoms with Crippen LogP contribution in [0.4, 0.5) is 4.39 Å². The van der Waals surface area contributed by atoms with Gasteiger partial charge in [0.2, 0.25) is 0 Å². The van der Waals surface area contributed by atoms with Crippen molar-refractivity contribution in [3.8, 4) is 11.1 Å². The molecule has 5 rings (SSSR count). The fourth-order valence-electron chi connectivity index (χ4n) is 4.42. The van der Waals surface area contributed by atoms with Crippen LogP contribution < -0.4 is 5.56 Å². The van der Waals surface area contributed by atoms with Gasteiger partial charge in [0.15, 0.2) is 0 Å². The molecule has 0 bridgehead atoms. The van der Waals surface area contributed by atoms with E-state index in [2.05, 4.69) is 15.0 Å². The molecule has 4 aromatic rings. The highest BCUT2D eigenvalue weighted by Gasteiger charge is 2.27. The Hall–Kier alpha value is -4.20. The van der Waals surface area contributed by atoms with Gasteiger partial charge in [0.1, 0.15) is 11.5 Å². The lowest BCUT2D eigenvalue weighted by Crippen LogP contribution is -2.40. The second-order valence-electron chi connectivity index (χ2n) is 8.77. The van der Waals surface area contributed by atoms with Crippen LogP contribution >= 0.6 is 0 Å². The van der Waals surface area contributed by atoms with Crippen molar-refractivity contribution in [2.45, 2.75) is 33.4 Å². The lowest BCUT2D eigenvalue weighted by Gasteiger charge is -2.31. The number of amides is 1. The van der Waals surface area contributed by atoms with Gasteiger partial charge in [0.05, 0.1) is 18.4 Å². The Morgan fingerprint density at radius 1 is 1.09 bits per heavy atom. The van der Waals surface area contributed by atoms with Crippen LogP contribution in [-0.2, 0) is 19.5 Å². The molecule has 1 aliphatic rings. The molecule has 0 spiro atoms. The number of aromatic nitrogens is 4. The molecule has 35 heavy (non-hydrogen) atoms. The zero-order valence-corrected chi connectivity index (χ0v) is 19.5. The van der Waals surface area contributed by atoms with Gasteiger partial charge in [-0.1, -0.05) is 12.1 Å². The van der Waals surface area contributed by atoms with Gasteiger partial charge in [-0.15, -0.1) is 0 Å². The van der Waals surface area contributed by atoms with E-state index < -0.39 is 0 Å². The summed E-state index contributed by atoms with van der Waals surface area (Å²) in [6, 6.07) is 10.3. The first-order chi connectivity index (χ1) is 16.9. The van der Waals surface area contributed by atoms with Crippen molar-refractivity contribution in [1.29, 1.82) is 0 Å². The Bertz CT molecular complexity index is 1470. The summed E-state index contributed by atoms with van der Waals surface area (Å²) >= 11 is 0. The van der Waals surface area contributed by atoms with Gasteiger partial charge < -0.3 is 9.47 Å². The minimum Gasteiger partial charge on any atom is -0.332 e. The summed E-state index contributed by atoms with van der Waals surface area (Å²) in [6.07, 6.45) is 7.02. The number of carbonyl (C=O) groups excluding carboxylic acids is 1. The molecule has 0 aliphatic carbocycles.